The lowest BCUT2D eigenvalue weighted by Gasteiger charge is -1.95. The molecule has 0 aromatic carbocycles. The van der Waals surface area contributed by atoms with Crippen molar-refractivity contribution in [2.75, 3.05) is 0 Å². The Morgan fingerprint density at radius 3 is 2.60 bits per heavy atom. The average Bonchev–Trinajstić information content (AvgIpc) is 2.47. The van der Waals surface area contributed by atoms with Crippen molar-refractivity contribution in [3.8, 4) is 0 Å². The molecule has 0 spiro atoms. The van der Waals surface area contributed by atoms with E-state index >= 15 is 0 Å². The molecule has 10 heavy (non-hydrogen) atoms. The molecule has 1 saturated carbocycles. The summed E-state index contributed by atoms with van der Waals surface area (Å²) in [5.41, 5.74) is 2.07. The van der Waals surface area contributed by atoms with Crippen LogP contribution >= 0.6 is 0 Å². The largest absolute Gasteiger partial charge is 0.145 e. The van der Waals surface area contributed by atoms with Crippen LogP contribution < -0.4 is 0 Å². The van der Waals surface area contributed by atoms with Crippen LogP contribution in [0.3, 0.4) is 0 Å². The molecule has 0 heterocycles. The van der Waals surface area contributed by atoms with Crippen molar-refractivity contribution in [2.45, 2.75) is 40.0 Å². The molecule has 0 N–H and O–H groups in total. The van der Waals surface area contributed by atoms with Crippen LogP contribution in [0.5, 0.6) is 0 Å². The van der Waals surface area contributed by atoms with Gasteiger partial charge in [-0.2, -0.15) is 0 Å². The van der Waals surface area contributed by atoms with E-state index in [0.29, 0.717) is 5.41 Å². The van der Waals surface area contributed by atoms with Crippen molar-refractivity contribution in [1.29, 1.82) is 0 Å². The smallest absolute Gasteiger partial charge is 0.0857 e. The van der Waals surface area contributed by atoms with Crippen molar-refractivity contribution in [1.82, 2.24) is 0 Å². The first kappa shape index (κ1) is 7.71. The van der Waals surface area contributed by atoms with Crippen LogP contribution in [0.2, 0.25) is 0 Å². The standard InChI is InChI=1S/C10H17/c1-9(2)5-4-6-10(3)7-8-10/h5,7H,4,6,8H2,1-3H3/q+1/i1+1,3+1,4+1,8+1/b9-5+. The van der Waals surface area contributed by atoms with E-state index in [0.717, 1.165) is 0 Å². The number of allylic oxidation sites excluding steroid dienone is 2. The van der Waals surface area contributed by atoms with E-state index in [-0.39, 0.29) is 0 Å². The molecule has 0 radical (unpaired) electrons. The summed E-state index contributed by atoms with van der Waals surface area (Å²) in [7, 11) is 0. The zero-order valence-electron chi connectivity index (χ0n) is 7.28. The van der Waals surface area contributed by atoms with E-state index in [1.54, 1.807) is 0 Å². The molecule has 0 amide bonds. The van der Waals surface area contributed by atoms with Gasteiger partial charge in [-0.1, -0.05) is 11.6 Å². The molecular weight excluding hydrogens is 124 g/mol. The Labute approximate surface area is 64.3 Å². The van der Waals surface area contributed by atoms with Crippen LogP contribution in [-0.4, -0.2) is 0 Å². The average molecular weight is 141 g/mol. The summed E-state index contributed by atoms with van der Waals surface area (Å²) in [6.45, 7) is 6.67. The zero-order valence-corrected chi connectivity index (χ0v) is 7.28. The van der Waals surface area contributed by atoms with E-state index < -0.39 is 0 Å². The molecule has 1 fully saturated rings. The Bertz CT molecular complexity index is 134. The van der Waals surface area contributed by atoms with Crippen LogP contribution in [0, 0.1) is 11.8 Å². The molecule has 1 aliphatic rings. The lowest BCUT2D eigenvalue weighted by molar-refractivity contribution is 0.548. The highest BCUT2D eigenvalue weighted by atomic mass is 14.8. The van der Waals surface area contributed by atoms with Crippen LogP contribution in [0.1, 0.15) is 40.0 Å². The summed E-state index contributed by atoms with van der Waals surface area (Å²) in [5.74, 6) is 0. The van der Waals surface area contributed by atoms with Gasteiger partial charge < -0.3 is 0 Å². The molecule has 1 atom stereocenters. The molecule has 0 aromatic rings. The minimum atomic E-state index is 0.617. The van der Waals surface area contributed by atoms with E-state index in [1.165, 1.54) is 24.8 Å². The molecule has 0 saturated heterocycles. The van der Waals surface area contributed by atoms with Crippen molar-refractivity contribution in [2.24, 2.45) is 5.41 Å². The summed E-state index contributed by atoms with van der Waals surface area (Å²) >= 11 is 0. The van der Waals surface area contributed by atoms with E-state index in [2.05, 4.69) is 33.3 Å². The minimum Gasteiger partial charge on any atom is -0.0857 e. The third-order valence-corrected chi connectivity index (χ3v) is 2.17. The molecule has 0 heteroatoms. The third-order valence-electron chi connectivity index (χ3n) is 2.17. The van der Waals surface area contributed by atoms with Gasteiger partial charge in [-0.25, -0.2) is 0 Å². The van der Waals surface area contributed by atoms with Gasteiger partial charge in [-0.15, -0.1) is 0 Å². The molecule has 56 valence electrons. The topological polar surface area (TPSA) is 0 Å². The quantitative estimate of drug-likeness (QED) is 0.321. The van der Waals surface area contributed by atoms with Crippen LogP contribution in [0.25, 0.3) is 0 Å². The first-order valence-corrected chi connectivity index (χ1v) is 4.10. The third kappa shape index (κ3) is 2.47. The highest BCUT2D eigenvalue weighted by molar-refractivity contribution is 5.08. The summed E-state index contributed by atoms with van der Waals surface area (Å²) in [6.07, 6.45) is 8.68. The highest BCUT2D eigenvalue weighted by Gasteiger charge is 2.49. The molecule has 0 bridgehead atoms. The van der Waals surface area contributed by atoms with Gasteiger partial charge in [0.15, 0.2) is 0 Å². The van der Waals surface area contributed by atoms with Crippen molar-refractivity contribution in [3.63, 3.8) is 0 Å². The predicted molar refractivity (Wildman–Crippen MR) is 45.7 cm³/mol. The predicted octanol–water partition coefficient (Wildman–Crippen LogP) is 3.35. The number of hydrogen-bond donors (Lipinski definition) is 0. The SMILES string of the molecule is C/C([13CH3])=C/[13CH2]CC1([13CH3])[CH+][13CH2]1. The van der Waals surface area contributed by atoms with E-state index in [4.69, 9.17) is 0 Å². The van der Waals surface area contributed by atoms with Gasteiger partial charge in [0.05, 0.1) is 6.42 Å². The fraction of sp³-hybridized carbons (Fsp3) is 0.700. The highest BCUT2D eigenvalue weighted by Crippen LogP contribution is 2.47. The van der Waals surface area contributed by atoms with Gasteiger partial charge in [0.2, 0.25) is 0 Å². The van der Waals surface area contributed by atoms with Crippen molar-refractivity contribution >= 4 is 0 Å². The Balaban J connectivity index is 2.11. The lowest BCUT2D eigenvalue weighted by Crippen LogP contribution is -1.90. The molecule has 0 aliphatic heterocycles. The molecule has 1 aliphatic carbocycles. The Morgan fingerprint density at radius 2 is 2.20 bits per heavy atom. The monoisotopic (exact) mass is 141 g/mol. The molecule has 1 unspecified atom stereocenters. The summed E-state index contributed by atoms with van der Waals surface area (Å²) in [4.78, 5) is 0. The number of hydrogen-bond acceptors (Lipinski definition) is 0. The molecular formula is C10H17+. The zero-order chi connectivity index (χ0) is 7.61. The molecule has 1 rings (SSSR count). The van der Waals surface area contributed by atoms with Gasteiger partial charge in [-0.3, -0.25) is 0 Å². The van der Waals surface area contributed by atoms with Gasteiger partial charge >= 0.3 is 0 Å². The van der Waals surface area contributed by atoms with Crippen molar-refractivity contribution < 1.29 is 0 Å². The van der Waals surface area contributed by atoms with Gasteiger partial charge in [0.1, 0.15) is 11.8 Å². The summed E-state index contributed by atoms with van der Waals surface area (Å²) in [6, 6.07) is 0. The second kappa shape index (κ2) is 2.69. The summed E-state index contributed by atoms with van der Waals surface area (Å²) < 4.78 is 0. The maximum Gasteiger partial charge on any atom is 0.145 e. The minimum absolute atomic E-state index is 0.617. The second-order valence-corrected chi connectivity index (χ2v) is 3.88. The Morgan fingerprint density at radius 1 is 1.60 bits per heavy atom. The van der Waals surface area contributed by atoms with E-state index in [9.17, 15) is 0 Å². The van der Waals surface area contributed by atoms with Gasteiger partial charge in [-0.05, 0) is 27.2 Å². The Kier molecular flexibility index (Phi) is 2.08. The van der Waals surface area contributed by atoms with Crippen LogP contribution in [-0.2, 0) is 0 Å². The maximum atomic E-state index is 2.41. The lowest BCUT2D eigenvalue weighted by atomic mass is 10.2. The molecule has 0 nitrogen and oxygen atoms in total. The fourth-order valence-corrected chi connectivity index (χ4v) is 1.07. The van der Waals surface area contributed by atoms with E-state index in [1.807, 2.05) is 0 Å². The van der Waals surface area contributed by atoms with Crippen LogP contribution in [0.4, 0.5) is 0 Å². The van der Waals surface area contributed by atoms with Crippen LogP contribution in [0.15, 0.2) is 11.6 Å². The fourth-order valence-electron chi connectivity index (χ4n) is 1.07. The second-order valence-electron chi connectivity index (χ2n) is 3.88. The maximum absolute atomic E-state index is 2.41. The normalized spacial score (nSPS) is 31.7. The first-order chi connectivity index (χ1) is 4.62. The number of rotatable bonds is 3. The Hall–Kier alpha value is -0.390. The molecule has 0 aromatic heterocycles. The van der Waals surface area contributed by atoms with Crippen molar-refractivity contribution in [3.05, 3.63) is 18.1 Å². The van der Waals surface area contributed by atoms with Gasteiger partial charge in [0.25, 0.3) is 0 Å². The summed E-state index contributed by atoms with van der Waals surface area (Å²) in [5, 5.41) is 0. The van der Waals surface area contributed by atoms with Gasteiger partial charge in [0, 0.05) is 6.42 Å². The first-order valence-electron chi connectivity index (χ1n) is 4.10.